The number of unbranched alkanes of at least 4 members (excludes halogenated alkanes) is 4. The van der Waals surface area contributed by atoms with Crippen molar-refractivity contribution in [1.29, 1.82) is 0 Å². The molecule has 2 unspecified atom stereocenters. The van der Waals surface area contributed by atoms with E-state index in [0.717, 1.165) is 25.0 Å². The molecule has 0 saturated carbocycles. The molecule has 0 aromatic carbocycles. The molecule has 0 fully saturated rings. The molecule has 0 aliphatic rings. The SMILES string of the molecule is CCCCCCCC(O)Cc1ccn(C(C)CC)n1. The minimum Gasteiger partial charge on any atom is -0.393 e. The highest BCUT2D eigenvalue weighted by Gasteiger charge is 2.09. The van der Waals surface area contributed by atoms with Gasteiger partial charge in [0, 0.05) is 18.7 Å². The van der Waals surface area contributed by atoms with Gasteiger partial charge in [0.25, 0.3) is 0 Å². The monoisotopic (exact) mass is 266 g/mol. The largest absolute Gasteiger partial charge is 0.393 e. The maximum atomic E-state index is 10.0. The average molecular weight is 266 g/mol. The highest BCUT2D eigenvalue weighted by molar-refractivity contribution is 5.01. The Hall–Kier alpha value is -0.830. The van der Waals surface area contributed by atoms with Gasteiger partial charge >= 0.3 is 0 Å². The lowest BCUT2D eigenvalue weighted by atomic mass is 10.1. The van der Waals surface area contributed by atoms with E-state index < -0.39 is 0 Å². The van der Waals surface area contributed by atoms with Gasteiger partial charge in [0.05, 0.1) is 11.8 Å². The summed E-state index contributed by atoms with van der Waals surface area (Å²) >= 11 is 0. The van der Waals surface area contributed by atoms with Gasteiger partial charge in [0.15, 0.2) is 0 Å². The van der Waals surface area contributed by atoms with Crippen LogP contribution >= 0.6 is 0 Å². The predicted octanol–water partition coefficient (Wildman–Crippen LogP) is 4.12. The van der Waals surface area contributed by atoms with Crippen molar-refractivity contribution in [3.63, 3.8) is 0 Å². The summed E-state index contributed by atoms with van der Waals surface area (Å²) in [6.07, 6.45) is 10.7. The number of nitrogens with zero attached hydrogens (tertiary/aromatic N) is 2. The molecule has 2 atom stereocenters. The summed E-state index contributed by atoms with van der Waals surface area (Å²) in [4.78, 5) is 0. The molecule has 1 heterocycles. The van der Waals surface area contributed by atoms with Crippen molar-refractivity contribution in [2.75, 3.05) is 0 Å². The molecule has 0 bridgehead atoms. The van der Waals surface area contributed by atoms with E-state index in [4.69, 9.17) is 0 Å². The van der Waals surface area contributed by atoms with Gasteiger partial charge in [-0.2, -0.15) is 5.10 Å². The topological polar surface area (TPSA) is 38.0 Å². The number of aliphatic hydroxyl groups is 1. The van der Waals surface area contributed by atoms with E-state index in [1.807, 2.05) is 16.9 Å². The Balaban J connectivity index is 2.24. The van der Waals surface area contributed by atoms with Gasteiger partial charge in [-0.1, -0.05) is 46.0 Å². The van der Waals surface area contributed by atoms with E-state index in [1.54, 1.807) is 0 Å². The Bertz CT molecular complexity index is 335. The molecule has 0 aliphatic heterocycles. The highest BCUT2D eigenvalue weighted by atomic mass is 16.3. The van der Waals surface area contributed by atoms with Crippen LogP contribution in [-0.2, 0) is 6.42 Å². The van der Waals surface area contributed by atoms with Crippen molar-refractivity contribution >= 4 is 0 Å². The Labute approximate surface area is 118 Å². The van der Waals surface area contributed by atoms with Crippen molar-refractivity contribution < 1.29 is 5.11 Å². The summed E-state index contributed by atoms with van der Waals surface area (Å²) in [5.41, 5.74) is 1.02. The van der Waals surface area contributed by atoms with Gasteiger partial charge in [-0.05, 0) is 25.8 Å². The zero-order valence-electron chi connectivity index (χ0n) is 12.8. The zero-order chi connectivity index (χ0) is 14.1. The number of aromatic nitrogens is 2. The van der Waals surface area contributed by atoms with E-state index >= 15 is 0 Å². The molecule has 1 N–H and O–H groups in total. The van der Waals surface area contributed by atoms with Crippen molar-refractivity contribution in [2.24, 2.45) is 0 Å². The summed E-state index contributed by atoms with van der Waals surface area (Å²) in [6.45, 7) is 6.56. The summed E-state index contributed by atoms with van der Waals surface area (Å²) < 4.78 is 2.00. The molecule has 1 rings (SSSR count). The van der Waals surface area contributed by atoms with E-state index in [1.165, 1.54) is 25.7 Å². The van der Waals surface area contributed by atoms with E-state index in [-0.39, 0.29) is 6.10 Å². The number of aliphatic hydroxyl groups excluding tert-OH is 1. The maximum Gasteiger partial charge on any atom is 0.0650 e. The van der Waals surface area contributed by atoms with E-state index in [0.29, 0.717) is 12.5 Å². The smallest absolute Gasteiger partial charge is 0.0650 e. The van der Waals surface area contributed by atoms with Gasteiger partial charge in [0.2, 0.25) is 0 Å². The first-order valence-corrected chi connectivity index (χ1v) is 7.89. The first-order valence-electron chi connectivity index (χ1n) is 7.89. The Kier molecular flexibility index (Phi) is 7.80. The molecule has 0 radical (unpaired) electrons. The number of hydrogen-bond acceptors (Lipinski definition) is 2. The fourth-order valence-electron chi connectivity index (χ4n) is 2.25. The minimum absolute atomic E-state index is 0.234. The van der Waals surface area contributed by atoms with Crippen LogP contribution in [0.25, 0.3) is 0 Å². The summed E-state index contributed by atoms with van der Waals surface area (Å²) in [5.74, 6) is 0. The lowest BCUT2D eigenvalue weighted by Gasteiger charge is -2.10. The lowest BCUT2D eigenvalue weighted by molar-refractivity contribution is 0.159. The predicted molar refractivity (Wildman–Crippen MR) is 80.3 cm³/mol. The van der Waals surface area contributed by atoms with Gasteiger partial charge < -0.3 is 5.11 Å². The van der Waals surface area contributed by atoms with Crippen LogP contribution < -0.4 is 0 Å². The molecular formula is C16H30N2O. The van der Waals surface area contributed by atoms with Gasteiger partial charge in [-0.3, -0.25) is 4.68 Å². The standard InChI is InChI=1S/C16H30N2O/c1-4-6-7-8-9-10-16(19)13-15-11-12-18(17-15)14(3)5-2/h11-12,14,16,19H,4-10,13H2,1-3H3. The summed E-state index contributed by atoms with van der Waals surface area (Å²) in [5, 5.41) is 14.6. The third kappa shape index (κ3) is 6.24. The van der Waals surface area contributed by atoms with Crippen LogP contribution in [0.2, 0.25) is 0 Å². The highest BCUT2D eigenvalue weighted by Crippen LogP contribution is 2.13. The molecule has 0 spiro atoms. The van der Waals surface area contributed by atoms with Crippen LogP contribution in [0.3, 0.4) is 0 Å². The molecule has 0 amide bonds. The molecule has 0 saturated heterocycles. The Morgan fingerprint density at radius 2 is 1.95 bits per heavy atom. The second-order valence-corrected chi connectivity index (χ2v) is 5.61. The first kappa shape index (κ1) is 16.2. The number of rotatable bonds is 10. The fraction of sp³-hybridized carbons (Fsp3) is 0.812. The molecule has 110 valence electrons. The Morgan fingerprint density at radius 3 is 2.63 bits per heavy atom. The first-order chi connectivity index (χ1) is 9.17. The van der Waals surface area contributed by atoms with Crippen LogP contribution in [0, 0.1) is 0 Å². The quantitative estimate of drug-likeness (QED) is 0.647. The van der Waals surface area contributed by atoms with Crippen molar-refractivity contribution in [2.45, 2.75) is 84.3 Å². The minimum atomic E-state index is -0.234. The average Bonchev–Trinajstić information content (AvgIpc) is 2.86. The second kappa shape index (κ2) is 9.13. The second-order valence-electron chi connectivity index (χ2n) is 5.61. The Morgan fingerprint density at radius 1 is 1.21 bits per heavy atom. The van der Waals surface area contributed by atoms with Gasteiger partial charge in [-0.15, -0.1) is 0 Å². The van der Waals surface area contributed by atoms with Crippen LogP contribution in [-0.4, -0.2) is 21.0 Å². The molecule has 19 heavy (non-hydrogen) atoms. The molecule has 3 heteroatoms. The van der Waals surface area contributed by atoms with Gasteiger partial charge in [0.1, 0.15) is 0 Å². The van der Waals surface area contributed by atoms with Gasteiger partial charge in [-0.25, -0.2) is 0 Å². The van der Waals surface area contributed by atoms with Crippen LogP contribution in [0.1, 0.15) is 77.5 Å². The normalized spacial score (nSPS) is 14.5. The van der Waals surface area contributed by atoms with Crippen LogP contribution in [0.15, 0.2) is 12.3 Å². The number of hydrogen-bond donors (Lipinski definition) is 1. The van der Waals surface area contributed by atoms with Crippen molar-refractivity contribution in [1.82, 2.24) is 9.78 Å². The third-order valence-corrected chi connectivity index (χ3v) is 3.79. The zero-order valence-corrected chi connectivity index (χ0v) is 12.8. The van der Waals surface area contributed by atoms with Crippen LogP contribution in [0.4, 0.5) is 0 Å². The molecule has 3 nitrogen and oxygen atoms in total. The molecule has 1 aromatic heterocycles. The van der Waals surface area contributed by atoms with Crippen molar-refractivity contribution in [3.8, 4) is 0 Å². The maximum absolute atomic E-state index is 10.0. The molecule has 0 aliphatic carbocycles. The third-order valence-electron chi connectivity index (χ3n) is 3.79. The summed E-state index contributed by atoms with van der Waals surface area (Å²) in [7, 11) is 0. The van der Waals surface area contributed by atoms with Crippen LogP contribution in [0.5, 0.6) is 0 Å². The van der Waals surface area contributed by atoms with E-state index in [2.05, 4.69) is 25.9 Å². The van der Waals surface area contributed by atoms with Crippen molar-refractivity contribution in [3.05, 3.63) is 18.0 Å². The summed E-state index contributed by atoms with van der Waals surface area (Å²) in [6, 6.07) is 2.48. The fourth-order valence-corrected chi connectivity index (χ4v) is 2.25. The molecular weight excluding hydrogens is 236 g/mol. The molecule has 1 aromatic rings. The lowest BCUT2D eigenvalue weighted by Crippen LogP contribution is -2.12. The van der Waals surface area contributed by atoms with E-state index in [9.17, 15) is 5.11 Å².